The molecule has 0 spiro atoms. The minimum Gasteiger partial charge on any atom is -0.497 e. The van der Waals surface area contributed by atoms with E-state index in [0.29, 0.717) is 6.04 Å². The Kier molecular flexibility index (Phi) is 3.45. The van der Waals surface area contributed by atoms with Crippen LogP contribution in [0.25, 0.3) is 0 Å². The van der Waals surface area contributed by atoms with Gasteiger partial charge in [0.1, 0.15) is 12.0 Å². The lowest BCUT2D eigenvalue weighted by molar-refractivity contribution is -0.111. The van der Waals surface area contributed by atoms with Crippen LogP contribution in [0.1, 0.15) is 31.2 Å². The van der Waals surface area contributed by atoms with E-state index in [-0.39, 0.29) is 5.92 Å². The second-order valence-corrected chi connectivity index (χ2v) is 5.61. The molecule has 0 aliphatic carbocycles. The Morgan fingerprint density at radius 2 is 2.21 bits per heavy atom. The van der Waals surface area contributed by atoms with Crippen LogP contribution in [0.4, 0.5) is 5.69 Å². The Morgan fingerprint density at radius 1 is 1.32 bits per heavy atom. The highest BCUT2D eigenvalue weighted by Crippen LogP contribution is 2.38. The third-order valence-corrected chi connectivity index (χ3v) is 4.53. The van der Waals surface area contributed by atoms with Gasteiger partial charge in [0, 0.05) is 30.3 Å². The average Bonchev–Trinajstić information content (AvgIpc) is 2.71. The maximum atomic E-state index is 11.4. The number of methoxy groups -OCH3 is 1. The summed E-state index contributed by atoms with van der Waals surface area (Å²) in [5, 5.41) is 0. The van der Waals surface area contributed by atoms with E-state index in [9.17, 15) is 4.79 Å². The molecule has 2 aliphatic rings. The van der Waals surface area contributed by atoms with Crippen molar-refractivity contribution >= 4 is 12.0 Å². The number of anilines is 1. The number of carbonyl (C=O) groups is 1. The molecule has 0 amide bonds. The standard InChI is InChI=1S/C16H21NO2/c1-19-14-7-6-12-9-13(11-18)15-5-3-2-4-8-17(15)16(12)10-14/h6-7,10-11,13,15H,2-5,8-9H2,1H3/t13-,15-/m0/s1. The van der Waals surface area contributed by atoms with Crippen molar-refractivity contribution in [3.8, 4) is 5.75 Å². The zero-order chi connectivity index (χ0) is 13.2. The molecule has 0 bridgehead atoms. The predicted octanol–water partition coefficient (Wildman–Crippen LogP) is 2.82. The molecule has 1 aromatic rings. The minimum atomic E-state index is 0.152. The number of ether oxygens (including phenoxy) is 1. The van der Waals surface area contributed by atoms with Crippen LogP contribution in [-0.4, -0.2) is 26.0 Å². The maximum Gasteiger partial charge on any atom is 0.125 e. The summed E-state index contributed by atoms with van der Waals surface area (Å²) >= 11 is 0. The van der Waals surface area contributed by atoms with Crippen LogP contribution in [-0.2, 0) is 11.2 Å². The highest BCUT2D eigenvalue weighted by Gasteiger charge is 2.34. The molecular weight excluding hydrogens is 238 g/mol. The predicted molar refractivity (Wildman–Crippen MR) is 75.9 cm³/mol. The molecule has 19 heavy (non-hydrogen) atoms. The van der Waals surface area contributed by atoms with Crippen LogP contribution in [0.2, 0.25) is 0 Å². The van der Waals surface area contributed by atoms with Crippen LogP contribution >= 0.6 is 0 Å². The van der Waals surface area contributed by atoms with Gasteiger partial charge in [0.25, 0.3) is 0 Å². The molecule has 102 valence electrons. The fourth-order valence-electron chi connectivity index (χ4n) is 3.52. The normalized spacial score (nSPS) is 26.1. The molecule has 0 aromatic heterocycles. The van der Waals surface area contributed by atoms with Crippen molar-refractivity contribution in [2.45, 2.75) is 38.1 Å². The van der Waals surface area contributed by atoms with Crippen LogP contribution < -0.4 is 9.64 Å². The number of hydrogen-bond acceptors (Lipinski definition) is 3. The molecule has 1 aromatic carbocycles. The number of benzene rings is 1. The summed E-state index contributed by atoms with van der Waals surface area (Å²) in [6.07, 6.45) is 6.92. The quantitative estimate of drug-likeness (QED) is 0.765. The molecule has 3 rings (SSSR count). The number of rotatable bonds is 2. The first-order chi connectivity index (χ1) is 9.33. The molecule has 1 fully saturated rings. The van der Waals surface area contributed by atoms with Crippen molar-refractivity contribution in [1.29, 1.82) is 0 Å². The summed E-state index contributed by atoms with van der Waals surface area (Å²) in [7, 11) is 1.71. The van der Waals surface area contributed by atoms with Crippen LogP contribution in [0.3, 0.4) is 0 Å². The molecule has 0 N–H and O–H groups in total. The van der Waals surface area contributed by atoms with E-state index >= 15 is 0 Å². The fourth-order valence-corrected chi connectivity index (χ4v) is 3.52. The van der Waals surface area contributed by atoms with Gasteiger partial charge in [0.15, 0.2) is 0 Å². The first kappa shape index (κ1) is 12.5. The highest BCUT2D eigenvalue weighted by atomic mass is 16.5. The molecule has 2 atom stereocenters. The SMILES string of the molecule is COc1ccc2c(c1)N1CCCCC[C@H]1[C@H](C=O)C2. The molecule has 3 heteroatoms. The lowest BCUT2D eigenvalue weighted by atomic mass is 9.84. The van der Waals surface area contributed by atoms with E-state index in [1.165, 1.54) is 30.5 Å². The fraction of sp³-hybridized carbons (Fsp3) is 0.562. The average molecular weight is 259 g/mol. The number of fused-ring (bicyclic) bond motifs is 3. The van der Waals surface area contributed by atoms with Crippen molar-refractivity contribution in [2.75, 3.05) is 18.6 Å². The molecule has 2 heterocycles. The molecule has 0 saturated carbocycles. The molecular formula is C16H21NO2. The molecule has 0 unspecified atom stereocenters. The van der Waals surface area contributed by atoms with E-state index in [1.807, 2.05) is 6.07 Å². The summed E-state index contributed by atoms with van der Waals surface area (Å²) in [6, 6.07) is 6.64. The second kappa shape index (κ2) is 5.24. The van der Waals surface area contributed by atoms with Gasteiger partial charge in [-0.25, -0.2) is 0 Å². The van der Waals surface area contributed by atoms with E-state index in [4.69, 9.17) is 4.74 Å². The Morgan fingerprint density at radius 3 is 3.00 bits per heavy atom. The highest BCUT2D eigenvalue weighted by molar-refractivity contribution is 5.66. The number of aldehydes is 1. The van der Waals surface area contributed by atoms with Gasteiger partial charge in [-0.3, -0.25) is 0 Å². The monoisotopic (exact) mass is 259 g/mol. The van der Waals surface area contributed by atoms with E-state index in [0.717, 1.165) is 31.4 Å². The van der Waals surface area contributed by atoms with E-state index in [2.05, 4.69) is 17.0 Å². The van der Waals surface area contributed by atoms with E-state index in [1.54, 1.807) is 7.11 Å². The Labute approximate surface area is 114 Å². The van der Waals surface area contributed by atoms with Crippen LogP contribution in [0.5, 0.6) is 5.75 Å². The summed E-state index contributed by atoms with van der Waals surface area (Å²) in [5.74, 6) is 1.06. The van der Waals surface area contributed by atoms with Gasteiger partial charge < -0.3 is 14.4 Å². The van der Waals surface area contributed by atoms with Gasteiger partial charge >= 0.3 is 0 Å². The third-order valence-electron chi connectivity index (χ3n) is 4.53. The van der Waals surface area contributed by atoms with Gasteiger partial charge in [-0.05, 0) is 30.9 Å². The van der Waals surface area contributed by atoms with Gasteiger partial charge in [-0.2, -0.15) is 0 Å². The molecule has 1 saturated heterocycles. The van der Waals surface area contributed by atoms with Gasteiger partial charge in [0.05, 0.1) is 7.11 Å². The third kappa shape index (κ3) is 2.22. The lowest BCUT2D eigenvalue weighted by Crippen LogP contribution is -2.45. The summed E-state index contributed by atoms with van der Waals surface area (Å²) in [6.45, 7) is 1.06. The Bertz CT molecular complexity index is 472. The smallest absolute Gasteiger partial charge is 0.125 e. The Balaban J connectivity index is 2.02. The first-order valence-electron chi connectivity index (χ1n) is 7.22. The lowest BCUT2D eigenvalue weighted by Gasteiger charge is -2.41. The van der Waals surface area contributed by atoms with E-state index < -0.39 is 0 Å². The van der Waals surface area contributed by atoms with Crippen molar-refractivity contribution in [1.82, 2.24) is 0 Å². The van der Waals surface area contributed by atoms with Gasteiger partial charge in [0.2, 0.25) is 0 Å². The summed E-state index contributed by atoms with van der Waals surface area (Å²) < 4.78 is 5.35. The zero-order valence-electron chi connectivity index (χ0n) is 11.5. The summed E-state index contributed by atoms with van der Waals surface area (Å²) in [4.78, 5) is 13.9. The van der Waals surface area contributed by atoms with Crippen molar-refractivity contribution in [2.24, 2.45) is 5.92 Å². The van der Waals surface area contributed by atoms with Crippen molar-refractivity contribution in [3.63, 3.8) is 0 Å². The van der Waals surface area contributed by atoms with Gasteiger partial charge in [-0.15, -0.1) is 0 Å². The molecule has 0 radical (unpaired) electrons. The largest absolute Gasteiger partial charge is 0.497 e. The number of nitrogens with zero attached hydrogens (tertiary/aromatic N) is 1. The van der Waals surface area contributed by atoms with Crippen molar-refractivity contribution in [3.05, 3.63) is 23.8 Å². The maximum absolute atomic E-state index is 11.4. The zero-order valence-corrected chi connectivity index (χ0v) is 11.5. The molecule has 2 aliphatic heterocycles. The Hall–Kier alpha value is -1.51. The first-order valence-corrected chi connectivity index (χ1v) is 7.22. The number of carbonyl (C=O) groups excluding carboxylic acids is 1. The van der Waals surface area contributed by atoms with Crippen molar-refractivity contribution < 1.29 is 9.53 Å². The second-order valence-electron chi connectivity index (χ2n) is 5.61. The van der Waals surface area contributed by atoms with Crippen LogP contribution in [0.15, 0.2) is 18.2 Å². The minimum absolute atomic E-state index is 0.152. The van der Waals surface area contributed by atoms with Crippen LogP contribution in [0, 0.1) is 5.92 Å². The topological polar surface area (TPSA) is 29.5 Å². The summed E-state index contributed by atoms with van der Waals surface area (Å²) in [5.41, 5.74) is 2.57. The van der Waals surface area contributed by atoms with Gasteiger partial charge in [-0.1, -0.05) is 18.9 Å². The number of hydrogen-bond donors (Lipinski definition) is 0. The molecule has 3 nitrogen and oxygen atoms in total.